The number of anilines is 2. The van der Waals surface area contributed by atoms with Crippen LogP contribution >= 0.6 is 0 Å². The Morgan fingerprint density at radius 1 is 1.10 bits per heavy atom. The molecule has 0 spiro atoms. The van der Waals surface area contributed by atoms with Crippen molar-refractivity contribution in [3.05, 3.63) is 65.4 Å². The van der Waals surface area contributed by atoms with E-state index in [1.54, 1.807) is 6.20 Å². The van der Waals surface area contributed by atoms with Crippen LogP contribution in [0.25, 0.3) is 10.9 Å². The second-order valence-corrected chi connectivity index (χ2v) is 5.12. The number of para-hydroxylation sites is 1. The van der Waals surface area contributed by atoms with Crippen LogP contribution in [0, 0.1) is 25.2 Å². The van der Waals surface area contributed by atoms with Gasteiger partial charge in [-0.3, -0.25) is 4.98 Å². The number of nitrogens with zero attached hydrogens (tertiary/aromatic N) is 2. The molecule has 1 heterocycles. The Morgan fingerprint density at radius 3 is 2.67 bits per heavy atom. The third-order valence-corrected chi connectivity index (χ3v) is 3.54. The van der Waals surface area contributed by atoms with Gasteiger partial charge in [0, 0.05) is 17.3 Å². The van der Waals surface area contributed by atoms with Gasteiger partial charge in [0.15, 0.2) is 0 Å². The molecular formula is C18H15N3. The predicted molar refractivity (Wildman–Crippen MR) is 85.7 cm³/mol. The second-order valence-electron chi connectivity index (χ2n) is 5.12. The summed E-state index contributed by atoms with van der Waals surface area (Å²) < 4.78 is 0. The van der Waals surface area contributed by atoms with Crippen molar-refractivity contribution in [1.82, 2.24) is 4.98 Å². The van der Waals surface area contributed by atoms with Gasteiger partial charge in [0.25, 0.3) is 0 Å². The molecular weight excluding hydrogens is 258 g/mol. The first-order valence-corrected chi connectivity index (χ1v) is 6.81. The zero-order valence-electron chi connectivity index (χ0n) is 12.0. The number of fused-ring (bicyclic) bond motifs is 1. The van der Waals surface area contributed by atoms with E-state index in [1.165, 1.54) is 5.56 Å². The van der Waals surface area contributed by atoms with Crippen molar-refractivity contribution >= 4 is 22.3 Å². The van der Waals surface area contributed by atoms with Crippen LogP contribution in [0.3, 0.4) is 0 Å². The Morgan fingerprint density at radius 2 is 1.90 bits per heavy atom. The minimum atomic E-state index is 0.550. The van der Waals surface area contributed by atoms with Crippen molar-refractivity contribution in [2.45, 2.75) is 13.8 Å². The van der Waals surface area contributed by atoms with E-state index in [0.29, 0.717) is 5.56 Å². The normalized spacial score (nSPS) is 10.3. The van der Waals surface area contributed by atoms with Crippen molar-refractivity contribution in [2.24, 2.45) is 0 Å². The van der Waals surface area contributed by atoms with Gasteiger partial charge in [0.2, 0.25) is 0 Å². The van der Waals surface area contributed by atoms with Crippen LogP contribution in [0.4, 0.5) is 11.4 Å². The van der Waals surface area contributed by atoms with E-state index in [9.17, 15) is 5.26 Å². The maximum Gasteiger partial charge on any atom is 0.103 e. The molecule has 0 aliphatic heterocycles. The molecule has 102 valence electrons. The fraction of sp³-hybridized carbons (Fsp3) is 0.111. The van der Waals surface area contributed by atoms with Gasteiger partial charge in [-0.15, -0.1) is 0 Å². The van der Waals surface area contributed by atoms with Gasteiger partial charge in [-0.05, 0) is 31.5 Å². The lowest BCUT2D eigenvalue weighted by Gasteiger charge is -2.13. The predicted octanol–water partition coefficient (Wildman–Crippen LogP) is 4.47. The van der Waals surface area contributed by atoms with Crippen molar-refractivity contribution in [3.63, 3.8) is 0 Å². The number of hydrogen-bond donors (Lipinski definition) is 1. The lowest BCUT2D eigenvalue weighted by molar-refractivity contribution is 1.34. The summed E-state index contributed by atoms with van der Waals surface area (Å²) in [5.41, 5.74) is 5.62. The highest BCUT2D eigenvalue weighted by Gasteiger charge is 2.09. The van der Waals surface area contributed by atoms with E-state index in [2.05, 4.69) is 42.4 Å². The molecule has 21 heavy (non-hydrogen) atoms. The second kappa shape index (κ2) is 5.26. The highest BCUT2D eigenvalue weighted by molar-refractivity contribution is 5.95. The molecule has 3 heteroatoms. The molecule has 3 rings (SSSR count). The lowest BCUT2D eigenvalue weighted by atomic mass is 10.1. The molecule has 0 amide bonds. The van der Waals surface area contributed by atoms with E-state index < -0.39 is 0 Å². The van der Waals surface area contributed by atoms with Crippen molar-refractivity contribution < 1.29 is 0 Å². The zero-order chi connectivity index (χ0) is 14.8. The molecule has 3 aromatic rings. The van der Waals surface area contributed by atoms with Crippen LogP contribution in [0.2, 0.25) is 0 Å². The van der Waals surface area contributed by atoms with Gasteiger partial charge >= 0.3 is 0 Å². The van der Waals surface area contributed by atoms with Crippen molar-refractivity contribution in [2.75, 3.05) is 5.32 Å². The number of benzene rings is 2. The Bertz CT molecular complexity index is 860. The summed E-state index contributed by atoms with van der Waals surface area (Å²) in [4.78, 5) is 4.33. The lowest BCUT2D eigenvalue weighted by Crippen LogP contribution is -1.98. The average molecular weight is 273 g/mol. The summed E-state index contributed by atoms with van der Waals surface area (Å²) in [7, 11) is 0. The van der Waals surface area contributed by atoms with Gasteiger partial charge in [-0.1, -0.05) is 35.9 Å². The molecule has 0 atom stereocenters. The zero-order valence-corrected chi connectivity index (χ0v) is 12.0. The first kappa shape index (κ1) is 13.1. The quantitative estimate of drug-likeness (QED) is 0.749. The van der Waals surface area contributed by atoms with Crippen LogP contribution in [0.5, 0.6) is 0 Å². The van der Waals surface area contributed by atoms with E-state index in [0.717, 1.165) is 27.8 Å². The van der Waals surface area contributed by atoms with Gasteiger partial charge in [0.05, 0.1) is 16.8 Å². The number of aromatic nitrogens is 1. The number of nitrogens with one attached hydrogen (secondary N) is 1. The summed E-state index contributed by atoms with van der Waals surface area (Å²) in [5, 5.41) is 13.7. The molecule has 3 nitrogen and oxygen atoms in total. The third-order valence-electron chi connectivity index (χ3n) is 3.54. The topological polar surface area (TPSA) is 48.7 Å². The highest BCUT2D eigenvalue weighted by atomic mass is 14.9. The van der Waals surface area contributed by atoms with Crippen LogP contribution < -0.4 is 5.32 Å². The Labute approximate surface area is 123 Å². The largest absolute Gasteiger partial charge is 0.354 e. The first-order chi connectivity index (χ1) is 10.2. The summed E-state index contributed by atoms with van der Waals surface area (Å²) in [5.74, 6) is 0. The van der Waals surface area contributed by atoms with Crippen molar-refractivity contribution in [1.29, 1.82) is 5.26 Å². The van der Waals surface area contributed by atoms with Crippen LogP contribution in [-0.4, -0.2) is 4.98 Å². The maximum absolute atomic E-state index is 9.34. The molecule has 1 aromatic heterocycles. The van der Waals surface area contributed by atoms with Gasteiger partial charge in [-0.2, -0.15) is 5.26 Å². The van der Waals surface area contributed by atoms with Gasteiger partial charge < -0.3 is 5.32 Å². The molecule has 0 saturated heterocycles. The number of aryl methyl sites for hydroxylation is 2. The van der Waals surface area contributed by atoms with Gasteiger partial charge in [0.1, 0.15) is 6.07 Å². The molecule has 0 radical (unpaired) electrons. The minimum absolute atomic E-state index is 0.550. The number of rotatable bonds is 2. The van der Waals surface area contributed by atoms with Crippen LogP contribution in [0.1, 0.15) is 16.7 Å². The Hall–Kier alpha value is -2.86. The van der Waals surface area contributed by atoms with Gasteiger partial charge in [-0.25, -0.2) is 0 Å². The Kier molecular flexibility index (Phi) is 3.29. The number of pyridine rings is 1. The maximum atomic E-state index is 9.34. The molecule has 0 aliphatic carbocycles. The monoisotopic (exact) mass is 273 g/mol. The van der Waals surface area contributed by atoms with Crippen LogP contribution in [-0.2, 0) is 0 Å². The fourth-order valence-electron chi connectivity index (χ4n) is 2.45. The SMILES string of the molecule is Cc1ccc(Nc2c(C#N)cnc3ccccc23)c(C)c1. The fourth-order valence-corrected chi connectivity index (χ4v) is 2.45. The summed E-state index contributed by atoms with van der Waals surface area (Å²) in [6.45, 7) is 4.13. The number of nitriles is 1. The molecule has 0 unspecified atom stereocenters. The highest BCUT2D eigenvalue weighted by Crippen LogP contribution is 2.30. The smallest absolute Gasteiger partial charge is 0.103 e. The first-order valence-electron chi connectivity index (χ1n) is 6.81. The van der Waals surface area contributed by atoms with Crippen molar-refractivity contribution in [3.8, 4) is 6.07 Å². The summed E-state index contributed by atoms with van der Waals surface area (Å²) in [6, 6.07) is 16.3. The minimum Gasteiger partial charge on any atom is -0.354 e. The summed E-state index contributed by atoms with van der Waals surface area (Å²) >= 11 is 0. The number of hydrogen-bond acceptors (Lipinski definition) is 3. The van der Waals surface area contributed by atoms with E-state index >= 15 is 0 Å². The molecule has 0 saturated carbocycles. The van der Waals surface area contributed by atoms with E-state index in [-0.39, 0.29) is 0 Å². The summed E-state index contributed by atoms with van der Waals surface area (Å²) in [6.07, 6.45) is 1.62. The average Bonchev–Trinajstić information content (AvgIpc) is 2.50. The molecule has 1 N–H and O–H groups in total. The molecule has 0 fully saturated rings. The Balaban J connectivity index is 2.17. The van der Waals surface area contributed by atoms with E-state index in [4.69, 9.17) is 0 Å². The van der Waals surface area contributed by atoms with Crippen LogP contribution in [0.15, 0.2) is 48.7 Å². The standard InChI is InChI=1S/C18H15N3/c1-12-7-8-16(13(2)9-12)21-18-14(10-19)11-20-17-6-4-3-5-15(17)18/h3-9,11H,1-2H3,(H,20,21). The third kappa shape index (κ3) is 2.44. The molecule has 0 aliphatic rings. The molecule has 0 bridgehead atoms. The van der Waals surface area contributed by atoms with E-state index in [1.807, 2.05) is 30.3 Å². The molecule has 2 aromatic carbocycles.